The van der Waals surface area contributed by atoms with Crippen molar-refractivity contribution >= 4 is 41.0 Å². The first-order chi connectivity index (χ1) is 23.7. The first-order valence-electron chi connectivity index (χ1n) is 17.3. The average molecular weight is 715 g/mol. The van der Waals surface area contributed by atoms with Crippen molar-refractivity contribution < 1.29 is 43.3 Å². The van der Waals surface area contributed by atoms with E-state index in [1.807, 2.05) is 0 Å². The Bertz CT molecular complexity index is 1500. The summed E-state index contributed by atoms with van der Waals surface area (Å²) in [6, 6.07) is 4.82. The van der Waals surface area contributed by atoms with Gasteiger partial charge in [0.1, 0.15) is 40.7 Å². The van der Waals surface area contributed by atoms with Gasteiger partial charge in [0.2, 0.25) is 17.6 Å². The molecule has 2 aliphatic rings. The number of rotatable bonds is 15. The lowest BCUT2D eigenvalue weighted by Gasteiger charge is -2.36. The zero-order chi connectivity index (χ0) is 36.4. The van der Waals surface area contributed by atoms with Crippen LogP contribution in [-0.2, 0) is 23.9 Å². The van der Waals surface area contributed by atoms with Crippen molar-refractivity contribution in [1.29, 1.82) is 0 Å². The number of aromatic nitrogens is 1. The van der Waals surface area contributed by atoms with Gasteiger partial charge in [-0.2, -0.15) is 0 Å². The number of likely N-dealkylation sites (tertiary alicyclic amines) is 1. The smallest absolute Gasteiger partial charge is 0.410 e. The van der Waals surface area contributed by atoms with Gasteiger partial charge in [-0.25, -0.2) is 9.78 Å². The number of nitrogens with zero attached hydrogens (tertiary/aromatic N) is 3. The van der Waals surface area contributed by atoms with Gasteiger partial charge in [0, 0.05) is 24.5 Å². The second kappa shape index (κ2) is 17.8. The molecule has 3 atom stereocenters. The highest BCUT2D eigenvalue weighted by atomic mass is 32.1. The van der Waals surface area contributed by atoms with Crippen molar-refractivity contribution in [2.75, 3.05) is 33.4 Å². The molecule has 3 amide bonds. The molecular weight excluding hydrogens is 664 g/mol. The number of thiazole rings is 1. The molecule has 0 radical (unpaired) electrons. The third-order valence-corrected chi connectivity index (χ3v) is 9.90. The topological polar surface area (TPSA) is 165 Å². The molecule has 2 N–H and O–H groups in total. The maximum Gasteiger partial charge on any atom is 0.410 e. The van der Waals surface area contributed by atoms with Gasteiger partial charge in [-0.1, -0.05) is 31.4 Å². The van der Waals surface area contributed by atoms with Gasteiger partial charge < -0.3 is 29.5 Å². The van der Waals surface area contributed by atoms with Crippen molar-refractivity contribution in [3.8, 4) is 5.75 Å². The minimum Gasteiger partial charge on any atom is -0.491 e. The molecule has 0 spiro atoms. The Labute approximate surface area is 297 Å². The second-order valence-corrected chi connectivity index (χ2v) is 14.8. The van der Waals surface area contributed by atoms with E-state index in [0.29, 0.717) is 29.3 Å². The number of hydrogen-bond acceptors (Lipinski definition) is 10. The monoisotopic (exact) mass is 714 g/mol. The fraction of sp³-hybridized carbons (Fsp3) is 0.611. The van der Waals surface area contributed by atoms with Crippen LogP contribution in [0.1, 0.15) is 106 Å². The standard InChI is InChI=1S/C36H50N4O9S/c1-23(39(5)35(46)49-36(2,3)4)32(44)38-30(24-11-7-6-8-12-24)34(45)40-17-10-15-28(40)33-37-27(22-50-33)31(43)25-13-9-14-26(21-25)48-20-19-47-18-16-29(41)42/h9,13-14,21-24,28,30H,6-8,10-12,15-20H2,1-5H3,(H,38,44)(H,41,42)/t23-,28-,30-/m0/s1. The number of amides is 3. The van der Waals surface area contributed by atoms with Crippen LogP contribution in [0.25, 0.3) is 0 Å². The Kier molecular flexibility index (Phi) is 13.8. The Morgan fingerprint density at radius 2 is 1.80 bits per heavy atom. The van der Waals surface area contributed by atoms with Crippen molar-refractivity contribution in [3.63, 3.8) is 0 Å². The molecule has 1 aliphatic heterocycles. The first-order valence-corrected chi connectivity index (χ1v) is 18.2. The molecule has 1 saturated heterocycles. The summed E-state index contributed by atoms with van der Waals surface area (Å²) in [4.78, 5) is 72.3. The van der Waals surface area contributed by atoms with E-state index in [0.717, 1.165) is 38.5 Å². The Morgan fingerprint density at radius 1 is 1.06 bits per heavy atom. The average Bonchev–Trinajstić information content (AvgIpc) is 3.77. The molecule has 2 heterocycles. The van der Waals surface area contributed by atoms with E-state index in [-0.39, 0.29) is 55.6 Å². The molecule has 1 aromatic heterocycles. The summed E-state index contributed by atoms with van der Waals surface area (Å²) in [5.41, 5.74) is -0.0425. The molecule has 50 heavy (non-hydrogen) atoms. The Hall–Kier alpha value is -4.04. The number of hydrogen-bond donors (Lipinski definition) is 2. The lowest BCUT2D eigenvalue weighted by atomic mass is 9.83. The van der Waals surface area contributed by atoms with Gasteiger partial charge in [0.15, 0.2) is 0 Å². The maximum absolute atomic E-state index is 14.3. The van der Waals surface area contributed by atoms with Gasteiger partial charge in [0.05, 0.1) is 25.7 Å². The number of carbonyl (C=O) groups is 5. The van der Waals surface area contributed by atoms with E-state index in [2.05, 4.69) is 5.32 Å². The SMILES string of the molecule is C[C@@H](C(=O)N[C@H](C(=O)N1CCC[C@H]1c1nc(C(=O)c2cccc(OCCOCCC(=O)O)c2)cs1)C1CCCCC1)N(C)C(=O)OC(C)(C)C. The molecule has 0 bridgehead atoms. The highest BCUT2D eigenvalue weighted by Crippen LogP contribution is 2.36. The summed E-state index contributed by atoms with van der Waals surface area (Å²) in [6.07, 6.45) is 5.44. The van der Waals surface area contributed by atoms with Gasteiger partial charge >= 0.3 is 12.1 Å². The first kappa shape index (κ1) is 38.8. The summed E-state index contributed by atoms with van der Waals surface area (Å²) in [6.45, 7) is 7.92. The summed E-state index contributed by atoms with van der Waals surface area (Å²) < 4.78 is 16.4. The summed E-state index contributed by atoms with van der Waals surface area (Å²) >= 11 is 1.34. The van der Waals surface area contributed by atoms with Crippen molar-refractivity contribution in [1.82, 2.24) is 20.1 Å². The molecule has 1 aromatic carbocycles. The van der Waals surface area contributed by atoms with Crippen molar-refractivity contribution in [3.05, 3.63) is 45.9 Å². The van der Waals surface area contributed by atoms with Gasteiger partial charge in [-0.15, -0.1) is 11.3 Å². The number of ether oxygens (including phenoxy) is 3. The predicted octanol–water partition coefficient (Wildman–Crippen LogP) is 5.23. The van der Waals surface area contributed by atoms with E-state index in [9.17, 15) is 24.0 Å². The van der Waals surface area contributed by atoms with Crippen LogP contribution in [0.2, 0.25) is 0 Å². The van der Waals surface area contributed by atoms with E-state index in [1.54, 1.807) is 62.2 Å². The second-order valence-electron chi connectivity index (χ2n) is 13.9. The minimum absolute atomic E-state index is 0.0280. The molecule has 1 aliphatic carbocycles. The van der Waals surface area contributed by atoms with Crippen LogP contribution >= 0.6 is 11.3 Å². The Morgan fingerprint density at radius 3 is 2.50 bits per heavy atom. The van der Waals surface area contributed by atoms with Crippen LogP contribution in [0.3, 0.4) is 0 Å². The fourth-order valence-corrected chi connectivity index (χ4v) is 7.10. The number of aliphatic carboxylic acids is 1. The van der Waals surface area contributed by atoms with Crippen LogP contribution in [0.5, 0.6) is 5.75 Å². The molecule has 274 valence electrons. The number of ketones is 1. The predicted molar refractivity (Wildman–Crippen MR) is 186 cm³/mol. The summed E-state index contributed by atoms with van der Waals surface area (Å²) in [7, 11) is 1.51. The number of benzene rings is 1. The van der Waals surface area contributed by atoms with E-state index in [4.69, 9.17) is 24.3 Å². The lowest BCUT2D eigenvalue weighted by molar-refractivity contribution is -0.140. The number of carboxylic acids is 1. The van der Waals surface area contributed by atoms with Gasteiger partial charge in [-0.05, 0) is 71.4 Å². The molecule has 4 rings (SSSR count). The van der Waals surface area contributed by atoms with Crippen molar-refractivity contribution in [2.24, 2.45) is 5.92 Å². The highest BCUT2D eigenvalue weighted by Gasteiger charge is 2.41. The molecular formula is C36H50N4O9S. The third kappa shape index (κ3) is 10.7. The molecule has 1 saturated carbocycles. The molecule has 2 fully saturated rings. The quantitative estimate of drug-likeness (QED) is 0.184. The number of carbonyl (C=O) groups excluding carboxylic acids is 4. The molecule has 0 unspecified atom stereocenters. The lowest BCUT2D eigenvalue weighted by Crippen LogP contribution is -2.56. The minimum atomic E-state index is -0.932. The van der Waals surface area contributed by atoms with E-state index < -0.39 is 35.7 Å². The summed E-state index contributed by atoms with van der Waals surface area (Å²) in [5.74, 6) is -1.35. The molecule has 2 aromatic rings. The fourth-order valence-electron chi connectivity index (χ4n) is 6.16. The van der Waals surface area contributed by atoms with Crippen molar-refractivity contribution in [2.45, 2.75) is 103 Å². The van der Waals surface area contributed by atoms with Crippen LogP contribution in [-0.4, -0.2) is 101 Å². The van der Waals surface area contributed by atoms with Gasteiger partial charge in [0.25, 0.3) is 0 Å². The normalized spacial score (nSPS) is 17.9. The van der Waals surface area contributed by atoms with Gasteiger partial charge in [-0.3, -0.25) is 24.1 Å². The van der Waals surface area contributed by atoms with Crippen LogP contribution in [0, 0.1) is 5.92 Å². The van der Waals surface area contributed by atoms with Crippen LogP contribution < -0.4 is 10.1 Å². The number of likely N-dealkylation sites (N-methyl/N-ethyl adjacent to an activating group) is 1. The number of carboxylic acid groups (broad SMARTS) is 1. The van der Waals surface area contributed by atoms with Crippen LogP contribution in [0.4, 0.5) is 4.79 Å². The summed E-state index contributed by atoms with van der Waals surface area (Å²) in [5, 5.41) is 14.1. The Balaban J connectivity index is 1.43. The zero-order valence-electron chi connectivity index (χ0n) is 29.6. The highest BCUT2D eigenvalue weighted by molar-refractivity contribution is 7.10. The third-order valence-electron chi connectivity index (χ3n) is 8.96. The van der Waals surface area contributed by atoms with E-state index >= 15 is 0 Å². The molecule has 14 heteroatoms. The van der Waals surface area contributed by atoms with E-state index in [1.165, 1.54) is 23.3 Å². The zero-order valence-corrected chi connectivity index (χ0v) is 30.5. The number of nitrogens with one attached hydrogen (secondary N) is 1. The molecule has 13 nitrogen and oxygen atoms in total. The largest absolute Gasteiger partial charge is 0.491 e. The van der Waals surface area contributed by atoms with Crippen LogP contribution in [0.15, 0.2) is 29.6 Å². The maximum atomic E-state index is 14.3.